The molecular formula is C14H20N4S. The molecule has 19 heavy (non-hydrogen) atoms. The van der Waals surface area contributed by atoms with E-state index in [4.69, 9.17) is 0 Å². The van der Waals surface area contributed by atoms with Gasteiger partial charge in [-0.15, -0.1) is 10.2 Å². The number of aryl methyl sites for hydroxylation is 1. The number of nitrogens with one attached hydrogen (secondary N) is 1. The topological polar surface area (TPSA) is 41.1 Å². The first-order chi connectivity index (χ1) is 9.19. The first kappa shape index (κ1) is 13.8. The largest absolute Gasteiger partial charge is 0.368 e. The molecule has 0 atom stereocenters. The highest BCUT2D eigenvalue weighted by molar-refractivity contribution is 7.15. The van der Waals surface area contributed by atoms with Crippen molar-refractivity contribution >= 4 is 22.2 Å². The third kappa shape index (κ3) is 3.92. The van der Waals surface area contributed by atoms with Crippen LogP contribution in [0.15, 0.2) is 24.3 Å². The van der Waals surface area contributed by atoms with Gasteiger partial charge in [0.1, 0.15) is 5.01 Å². The van der Waals surface area contributed by atoms with Crippen LogP contribution in [-0.2, 0) is 6.54 Å². The molecule has 5 heteroatoms. The molecule has 102 valence electrons. The van der Waals surface area contributed by atoms with Gasteiger partial charge in [-0.1, -0.05) is 36.0 Å². The second-order valence-corrected chi connectivity index (χ2v) is 5.68. The molecule has 2 rings (SSSR count). The van der Waals surface area contributed by atoms with Crippen LogP contribution < -0.4 is 10.2 Å². The lowest BCUT2D eigenvalue weighted by molar-refractivity contribution is 0.878. The van der Waals surface area contributed by atoms with Crippen LogP contribution in [0.4, 0.5) is 10.8 Å². The number of hydrogen-bond acceptors (Lipinski definition) is 5. The predicted molar refractivity (Wildman–Crippen MR) is 82.0 cm³/mol. The fourth-order valence-electron chi connectivity index (χ4n) is 1.71. The first-order valence-corrected chi connectivity index (χ1v) is 7.34. The van der Waals surface area contributed by atoms with Crippen molar-refractivity contribution < 1.29 is 0 Å². The molecule has 0 saturated carbocycles. The van der Waals surface area contributed by atoms with Gasteiger partial charge in [0, 0.05) is 19.3 Å². The van der Waals surface area contributed by atoms with E-state index in [-0.39, 0.29) is 0 Å². The van der Waals surface area contributed by atoms with Crippen LogP contribution in [0.5, 0.6) is 0 Å². The summed E-state index contributed by atoms with van der Waals surface area (Å²) in [7, 11) is 2.07. The van der Waals surface area contributed by atoms with E-state index in [1.807, 2.05) is 0 Å². The van der Waals surface area contributed by atoms with Crippen LogP contribution in [0.3, 0.4) is 0 Å². The van der Waals surface area contributed by atoms with E-state index in [0.717, 1.165) is 29.6 Å². The van der Waals surface area contributed by atoms with Crippen molar-refractivity contribution in [1.82, 2.24) is 10.2 Å². The average molecular weight is 276 g/mol. The van der Waals surface area contributed by atoms with Crippen LogP contribution in [-0.4, -0.2) is 23.8 Å². The Labute approximate surface area is 118 Å². The number of aromatic nitrogens is 2. The average Bonchev–Trinajstić information content (AvgIpc) is 2.84. The number of nitrogens with zero attached hydrogens (tertiary/aromatic N) is 3. The summed E-state index contributed by atoms with van der Waals surface area (Å²) in [5.41, 5.74) is 2.47. The predicted octanol–water partition coefficient (Wildman–Crippen LogP) is 3.30. The Hall–Kier alpha value is -1.62. The highest BCUT2D eigenvalue weighted by atomic mass is 32.1. The number of benzene rings is 1. The highest BCUT2D eigenvalue weighted by Crippen LogP contribution is 2.20. The molecule has 2 aromatic rings. The van der Waals surface area contributed by atoms with E-state index < -0.39 is 0 Å². The van der Waals surface area contributed by atoms with E-state index >= 15 is 0 Å². The molecular weight excluding hydrogens is 256 g/mol. The van der Waals surface area contributed by atoms with E-state index in [1.54, 1.807) is 11.3 Å². The summed E-state index contributed by atoms with van der Waals surface area (Å²) in [6.45, 7) is 5.97. The van der Waals surface area contributed by atoms with E-state index in [1.165, 1.54) is 11.3 Å². The van der Waals surface area contributed by atoms with Gasteiger partial charge < -0.3 is 10.2 Å². The second kappa shape index (κ2) is 6.52. The SMILES string of the molecule is CCCNc1nnc(CN(C)c2ccc(C)cc2)s1. The number of anilines is 2. The fraction of sp³-hybridized carbons (Fsp3) is 0.429. The van der Waals surface area contributed by atoms with Crippen molar-refractivity contribution in [1.29, 1.82) is 0 Å². The summed E-state index contributed by atoms with van der Waals surface area (Å²) < 4.78 is 0. The zero-order chi connectivity index (χ0) is 13.7. The Bertz CT molecular complexity index is 506. The van der Waals surface area contributed by atoms with E-state index in [0.29, 0.717) is 0 Å². The Morgan fingerprint density at radius 2 is 1.95 bits per heavy atom. The van der Waals surface area contributed by atoms with Crippen LogP contribution in [0, 0.1) is 6.92 Å². The van der Waals surface area contributed by atoms with E-state index in [2.05, 4.69) is 65.6 Å². The number of rotatable bonds is 6. The van der Waals surface area contributed by atoms with Gasteiger partial charge in [0.25, 0.3) is 0 Å². The molecule has 0 bridgehead atoms. The van der Waals surface area contributed by atoms with Gasteiger partial charge in [-0.05, 0) is 25.5 Å². The minimum Gasteiger partial charge on any atom is -0.368 e. The van der Waals surface area contributed by atoms with Gasteiger partial charge in [-0.2, -0.15) is 0 Å². The van der Waals surface area contributed by atoms with Gasteiger partial charge in [-0.3, -0.25) is 0 Å². The summed E-state index contributed by atoms with van der Waals surface area (Å²) in [6, 6.07) is 8.51. The molecule has 1 aromatic carbocycles. The van der Waals surface area contributed by atoms with Crippen molar-refractivity contribution in [2.75, 3.05) is 23.8 Å². The van der Waals surface area contributed by atoms with Crippen LogP contribution in [0.2, 0.25) is 0 Å². The fourth-order valence-corrected chi connectivity index (χ4v) is 2.53. The molecule has 0 amide bonds. The minimum absolute atomic E-state index is 0.786. The van der Waals surface area contributed by atoms with Crippen LogP contribution in [0.1, 0.15) is 23.9 Å². The molecule has 1 aromatic heterocycles. The van der Waals surface area contributed by atoms with Crippen molar-refractivity contribution in [2.45, 2.75) is 26.8 Å². The highest BCUT2D eigenvalue weighted by Gasteiger charge is 2.07. The Kier molecular flexibility index (Phi) is 4.74. The molecule has 0 radical (unpaired) electrons. The van der Waals surface area contributed by atoms with Crippen molar-refractivity contribution in [3.05, 3.63) is 34.8 Å². The van der Waals surface area contributed by atoms with Gasteiger partial charge in [0.2, 0.25) is 5.13 Å². The summed E-state index contributed by atoms with van der Waals surface area (Å²) in [5.74, 6) is 0. The molecule has 0 fully saturated rings. The first-order valence-electron chi connectivity index (χ1n) is 6.53. The standard InChI is InChI=1S/C14H20N4S/c1-4-9-15-14-17-16-13(19-14)10-18(3)12-7-5-11(2)6-8-12/h5-8H,4,9-10H2,1-3H3,(H,15,17). The lowest BCUT2D eigenvalue weighted by Crippen LogP contribution is -2.16. The molecule has 4 nitrogen and oxygen atoms in total. The van der Waals surface area contributed by atoms with Gasteiger partial charge in [0.15, 0.2) is 0 Å². The quantitative estimate of drug-likeness (QED) is 0.879. The Morgan fingerprint density at radius 3 is 2.63 bits per heavy atom. The van der Waals surface area contributed by atoms with Crippen LogP contribution >= 0.6 is 11.3 Å². The smallest absolute Gasteiger partial charge is 0.205 e. The molecule has 0 aliphatic heterocycles. The maximum Gasteiger partial charge on any atom is 0.205 e. The zero-order valence-electron chi connectivity index (χ0n) is 11.7. The van der Waals surface area contributed by atoms with Gasteiger partial charge in [-0.25, -0.2) is 0 Å². The normalized spacial score (nSPS) is 10.5. The van der Waals surface area contributed by atoms with E-state index in [9.17, 15) is 0 Å². The molecule has 1 heterocycles. The van der Waals surface area contributed by atoms with Gasteiger partial charge >= 0.3 is 0 Å². The number of hydrogen-bond donors (Lipinski definition) is 1. The zero-order valence-corrected chi connectivity index (χ0v) is 12.5. The maximum atomic E-state index is 4.22. The summed E-state index contributed by atoms with van der Waals surface area (Å²) in [6.07, 6.45) is 1.10. The Balaban J connectivity index is 1.96. The lowest BCUT2D eigenvalue weighted by Gasteiger charge is -2.17. The summed E-state index contributed by atoms with van der Waals surface area (Å²) >= 11 is 1.62. The maximum absolute atomic E-state index is 4.22. The molecule has 1 N–H and O–H groups in total. The summed E-state index contributed by atoms with van der Waals surface area (Å²) in [5, 5.41) is 13.6. The monoisotopic (exact) mass is 276 g/mol. The second-order valence-electron chi connectivity index (χ2n) is 4.62. The molecule has 0 spiro atoms. The third-order valence-corrected chi connectivity index (χ3v) is 3.71. The molecule has 0 unspecified atom stereocenters. The van der Waals surface area contributed by atoms with Gasteiger partial charge in [0.05, 0.1) is 6.54 Å². The van der Waals surface area contributed by atoms with Crippen LogP contribution in [0.25, 0.3) is 0 Å². The molecule has 0 saturated heterocycles. The lowest BCUT2D eigenvalue weighted by atomic mass is 10.2. The summed E-state index contributed by atoms with van der Waals surface area (Å²) in [4.78, 5) is 2.18. The molecule has 0 aliphatic carbocycles. The Morgan fingerprint density at radius 1 is 1.21 bits per heavy atom. The van der Waals surface area contributed by atoms with Crippen molar-refractivity contribution in [2.24, 2.45) is 0 Å². The molecule has 0 aliphatic rings. The van der Waals surface area contributed by atoms with Crippen molar-refractivity contribution in [3.63, 3.8) is 0 Å². The minimum atomic E-state index is 0.786. The third-order valence-electron chi connectivity index (χ3n) is 2.84. The van der Waals surface area contributed by atoms with Crippen molar-refractivity contribution in [3.8, 4) is 0 Å².